The van der Waals surface area contributed by atoms with E-state index in [1.165, 1.54) is 4.42 Å². The molecule has 2 N–H and O–H groups in total. The minimum atomic E-state index is -0.00730. The lowest BCUT2D eigenvalue weighted by Gasteiger charge is -2.02. The third-order valence-electron chi connectivity index (χ3n) is 1.49. The van der Waals surface area contributed by atoms with E-state index in [0.717, 1.165) is 0 Å². The topological polar surface area (TPSA) is 46.3 Å². The minimum Gasteiger partial charge on any atom is -0.330 e. The average Bonchev–Trinajstić information content (AvgIpc) is 2.13. The number of carbonyl (C=O) groups excluding carboxylic acids is 1. The van der Waals surface area contributed by atoms with Gasteiger partial charge in [0.1, 0.15) is 0 Å². The monoisotopic (exact) mass is 148 g/mol. The molecule has 1 rings (SSSR count). The average molecular weight is 149 g/mol. The number of nitrogens with zero attached hydrogens (tertiary/aromatic N) is 1. The van der Waals surface area contributed by atoms with E-state index in [1.54, 1.807) is 0 Å². The number of amides is 1. The van der Waals surface area contributed by atoms with Gasteiger partial charge in [-0.3, -0.25) is 9.21 Å². The van der Waals surface area contributed by atoms with Gasteiger partial charge in [0, 0.05) is 24.7 Å². The lowest BCUT2D eigenvalue weighted by Crippen LogP contribution is -2.16. The molecular formula is C5H9ClN2O. The summed E-state index contributed by atoms with van der Waals surface area (Å²) < 4.78 is 1.21. The smallest absolute Gasteiger partial charge is 0.237 e. The van der Waals surface area contributed by atoms with E-state index in [9.17, 15) is 4.79 Å². The summed E-state index contributed by atoms with van der Waals surface area (Å²) >= 11 is 5.46. The van der Waals surface area contributed by atoms with Crippen LogP contribution in [-0.4, -0.2) is 23.4 Å². The van der Waals surface area contributed by atoms with Crippen molar-refractivity contribution < 1.29 is 4.79 Å². The number of hydrogen-bond acceptors (Lipinski definition) is 2. The van der Waals surface area contributed by atoms with Crippen LogP contribution in [0.1, 0.15) is 6.42 Å². The van der Waals surface area contributed by atoms with Gasteiger partial charge in [-0.1, -0.05) is 0 Å². The molecule has 0 radical (unpaired) electrons. The molecule has 1 saturated heterocycles. The Morgan fingerprint density at radius 1 is 1.89 bits per heavy atom. The van der Waals surface area contributed by atoms with Crippen molar-refractivity contribution in [2.45, 2.75) is 6.42 Å². The summed E-state index contributed by atoms with van der Waals surface area (Å²) in [4.78, 5) is 10.7. The fourth-order valence-corrected chi connectivity index (χ4v) is 1.16. The summed E-state index contributed by atoms with van der Waals surface area (Å²) in [5.41, 5.74) is 5.32. The van der Waals surface area contributed by atoms with Crippen molar-refractivity contribution in [3.63, 3.8) is 0 Å². The SMILES string of the molecule is NCC1CC(=O)N(Cl)C1. The molecule has 0 bridgehead atoms. The largest absolute Gasteiger partial charge is 0.330 e. The Morgan fingerprint density at radius 2 is 2.56 bits per heavy atom. The van der Waals surface area contributed by atoms with Crippen LogP contribution in [0, 0.1) is 5.92 Å². The van der Waals surface area contributed by atoms with Crippen LogP contribution in [-0.2, 0) is 4.79 Å². The zero-order chi connectivity index (χ0) is 6.85. The minimum absolute atomic E-state index is 0.00730. The van der Waals surface area contributed by atoms with Gasteiger partial charge in [0.15, 0.2) is 0 Å². The number of hydrogen-bond donors (Lipinski definition) is 1. The number of carbonyl (C=O) groups is 1. The lowest BCUT2D eigenvalue weighted by molar-refractivity contribution is -0.123. The number of halogens is 1. The zero-order valence-electron chi connectivity index (χ0n) is 5.01. The Morgan fingerprint density at radius 3 is 2.78 bits per heavy atom. The highest BCUT2D eigenvalue weighted by molar-refractivity contribution is 6.21. The van der Waals surface area contributed by atoms with Crippen molar-refractivity contribution in [1.82, 2.24) is 4.42 Å². The molecule has 9 heavy (non-hydrogen) atoms. The van der Waals surface area contributed by atoms with Crippen LogP contribution >= 0.6 is 11.8 Å². The maximum atomic E-state index is 10.7. The second-order valence-corrected chi connectivity index (χ2v) is 2.65. The van der Waals surface area contributed by atoms with Crippen LogP contribution in [0.15, 0.2) is 0 Å². The first-order valence-corrected chi connectivity index (χ1v) is 3.24. The molecule has 1 heterocycles. The van der Waals surface area contributed by atoms with E-state index in [2.05, 4.69) is 0 Å². The summed E-state index contributed by atoms with van der Waals surface area (Å²) in [5.74, 6) is 0.266. The molecule has 0 aromatic heterocycles. The fourth-order valence-electron chi connectivity index (χ4n) is 0.897. The maximum absolute atomic E-state index is 10.7. The molecule has 0 aromatic rings. The van der Waals surface area contributed by atoms with Crippen LogP contribution in [0.4, 0.5) is 0 Å². The van der Waals surface area contributed by atoms with Gasteiger partial charge < -0.3 is 5.73 Å². The van der Waals surface area contributed by atoms with E-state index in [4.69, 9.17) is 17.5 Å². The van der Waals surface area contributed by atoms with Gasteiger partial charge in [0.2, 0.25) is 5.91 Å². The van der Waals surface area contributed by atoms with Crippen molar-refractivity contribution in [2.75, 3.05) is 13.1 Å². The molecule has 3 nitrogen and oxygen atoms in total. The Kier molecular flexibility index (Phi) is 1.93. The molecule has 1 atom stereocenters. The second kappa shape index (κ2) is 2.54. The van der Waals surface area contributed by atoms with Crippen LogP contribution in [0.25, 0.3) is 0 Å². The molecule has 0 saturated carbocycles. The third-order valence-corrected chi connectivity index (χ3v) is 1.81. The van der Waals surface area contributed by atoms with E-state index in [1.807, 2.05) is 0 Å². The van der Waals surface area contributed by atoms with E-state index >= 15 is 0 Å². The number of nitrogens with two attached hydrogens (primary N) is 1. The molecule has 0 spiro atoms. The summed E-state index contributed by atoms with van der Waals surface area (Å²) in [5, 5.41) is 0. The van der Waals surface area contributed by atoms with Crippen molar-refractivity contribution in [1.29, 1.82) is 0 Å². The van der Waals surface area contributed by atoms with E-state index < -0.39 is 0 Å². The fraction of sp³-hybridized carbons (Fsp3) is 0.800. The summed E-state index contributed by atoms with van der Waals surface area (Å²) in [7, 11) is 0. The predicted octanol–water partition coefficient (Wildman–Crippen LogP) is -0.0526. The summed E-state index contributed by atoms with van der Waals surface area (Å²) in [6.07, 6.45) is 0.514. The van der Waals surface area contributed by atoms with Gasteiger partial charge >= 0.3 is 0 Å². The van der Waals surface area contributed by atoms with Crippen molar-refractivity contribution in [3.05, 3.63) is 0 Å². The first kappa shape index (κ1) is 6.83. The van der Waals surface area contributed by atoms with Crippen molar-refractivity contribution in [2.24, 2.45) is 11.7 Å². The van der Waals surface area contributed by atoms with E-state index in [0.29, 0.717) is 19.5 Å². The van der Waals surface area contributed by atoms with Gasteiger partial charge in [-0.15, -0.1) is 0 Å². The molecule has 1 aliphatic heterocycles. The summed E-state index contributed by atoms with van der Waals surface area (Å²) in [6, 6.07) is 0. The van der Waals surface area contributed by atoms with Gasteiger partial charge in [-0.05, 0) is 12.5 Å². The third kappa shape index (κ3) is 1.34. The predicted molar refractivity (Wildman–Crippen MR) is 34.7 cm³/mol. The highest BCUT2D eigenvalue weighted by atomic mass is 35.5. The van der Waals surface area contributed by atoms with Crippen LogP contribution < -0.4 is 5.73 Å². The van der Waals surface area contributed by atoms with Gasteiger partial charge in [-0.25, -0.2) is 0 Å². The molecule has 4 heteroatoms. The van der Waals surface area contributed by atoms with Gasteiger partial charge in [-0.2, -0.15) is 0 Å². The molecule has 0 aromatic carbocycles. The molecule has 1 fully saturated rings. The number of rotatable bonds is 1. The highest BCUT2D eigenvalue weighted by Gasteiger charge is 2.26. The normalized spacial score (nSPS) is 27.6. The molecular weight excluding hydrogens is 140 g/mol. The lowest BCUT2D eigenvalue weighted by atomic mass is 10.1. The standard InChI is InChI=1S/C5H9ClN2O/c6-8-3-4(2-7)1-5(8)9/h4H,1-3,7H2. The first-order valence-electron chi connectivity index (χ1n) is 2.90. The zero-order valence-corrected chi connectivity index (χ0v) is 5.77. The highest BCUT2D eigenvalue weighted by Crippen LogP contribution is 2.17. The first-order chi connectivity index (χ1) is 4.24. The molecule has 1 aliphatic rings. The summed E-state index contributed by atoms with van der Waals surface area (Å²) in [6.45, 7) is 1.16. The van der Waals surface area contributed by atoms with E-state index in [-0.39, 0.29) is 11.8 Å². The Bertz CT molecular complexity index is 128. The Labute approximate surface area is 58.9 Å². The van der Waals surface area contributed by atoms with Gasteiger partial charge in [0.05, 0.1) is 0 Å². The van der Waals surface area contributed by atoms with Gasteiger partial charge in [0.25, 0.3) is 0 Å². The molecule has 0 aliphatic carbocycles. The van der Waals surface area contributed by atoms with Crippen LogP contribution in [0.3, 0.4) is 0 Å². The Balaban J connectivity index is 2.44. The van der Waals surface area contributed by atoms with Crippen molar-refractivity contribution >= 4 is 17.7 Å². The quantitative estimate of drug-likeness (QED) is 0.530. The van der Waals surface area contributed by atoms with Crippen molar-refractivity contribution in [3.8, 4) is 0 Å². The van der Waals surface area contributed by atoms with Crippen LogP contribution in [0.5, 0.6) is 0 Å². The maximum Gasteiger partial charge on any atom is 0.237 e. The van der Waals surface area contributed by atoms with Crippen LogP contribution in [0.2, 0.25) is 0 Å². The molecule has 1 unspecified atom stereocenters. The Hall–Kier alpha value is -0.280. The molecule has 1 amide bonds. The second-order valence-electron chi connectivity index (χ2n) is 2.24. The molecule has 52 valence electrons.